The smallest absolute Gasteiger partial charge is 0.323 e. The van der Waals surface area contributed by atoms with E-state index in [1.54, 1.807) is 30.6 Å². The number of rotatable bonds is 5. The number of aromatic nitrogens is 2. The molecule has 1 unspecified atom stereocenters. The fraction of sp³-hybridized carbons (Fsp3) is 0.240. The first-order chi connectivity index (χ1) is 16.1. The number of carbonyl (C=O) groups excluding carboxylic acids is 1. The lowest BCUT2D eigenvalue weighted by atomic mass is 9.91. The van der Waals surface area contributed by atoms with Gasteiger partial charge in [0.25, 0.3) is 0 Å². The van der Waals surface area contributed by atoms with Crippen molar-refractivity contribution < 1.29 is 18.4 Å². The molecule has 1 N–H and O–H groups in total. The number of anilines is 1. The highest BCUT2D eigenvalue weighted by Crippen LogP contribution is 2.27. The zero-order chi connectivity index (χ0) is 22.6. The molecule has 2 aromatic heterocycles. The lowest BCUT2D eigenvalue weighted by molar-refractivity contribution is 0.177. The van der Waals surface area contributed by atoms with Crippen molar-refractivity contribution >= 4 is 22.8 Å². The van der Waals surface area contributed by atoms with Gasteiger partial charge >= 0.3 is 6.03 Å². The number of hydrogen-bond acceptors (Lipinski definition) is 5. The summed E-state index contributed by atoms with van der Waals surface area (Å²) < 4.78 is 24.2. The number of fused-ring (bicyclic) bond motifs is 1. The van der Waals surface area contributed by atoms with E-state index in [9.17, 15) is 9.18 Å². The summed E-state index contributed by atoms with van der Waals surface area (Å²) in [6.07, 6.45) is 6.06. The first kappa shape index (κ1) is 20.9. The topological polar surface area (TPSA) is 80.5 Å². The molecule has 0 aliphatic carbocycles. The Bertz CT molecular complexity index is 1260. The molecule has 0 spiro atoms. The molecular formula is C25H23FN4O3. The third kappa shape index (κ3) is 4.95. The van der Waals surface area contributed by atoms with E-state index in [-0.39, 0.29) is 11.8 Å². The van der Waals surface area contributed by atoms with E-state index >= 15 is 0 Å². The fourth-order valence-electron chi connectivity index (χ4n) is 4.18. The molecule has 1 saturated heterocycles. The SMILES string of the molecule is O=C(Nc1noc2ccncc12)N1CCCC(Cc2cccc(Oc3ccc(F)cc3)c2)C1. The van der Waals surface area contributed by atoms with Crippen LogP contribution in [0.25, 0.3) is 11.0 Å². The minimum absolute atomic E-state index is 0.188. The number of piperidine rings is 1. The molecule has 2 aromatic carbocycles. The van der Waals surface area contributed by atoms with Crippen LogP contribution in [-0.4, -0.2) is 34.2 Å². The van der Waals surface area contributed by atoms with Crippen LogP contribution in [0, 0.1) is 11.7 Å². The second-order valence-electron chi connectivity index (χ2n) is 8.19. The maximum atomic E-state index is 13.1. The summed E-state index contributed by atoms with van der Waals surface area (Å²) in [5.74, 6) is 1.72. The third-order valence-electron chi connectivity index (χ3n) is 5.78. The summed E-state index contributed by atoms with van der Waals surface area (Å²) in [7, 11) is 0. The molecule has 8 heteroatoms. The Labute approximate surface area is 190 Å². The molecule has 5 rings (SSSR count). The molecule has 1 fully saturated rings. The van der Waals surface area contributed by atoms with Crippen LogP contribution in [0.5, 0.6) is 11.5 Å². The molecule has 168 valence electrons. The molecule has 4 aromatic rings. The number of carbonyl (C=O) groups is 1. The Morgan fingerprint density at radius 2 is 2.06 bits per heavy atom. The summed E-state index contributed by atoms with van der Waals surface area (Å²) in [4.78, 5) is 18.7. The number of halogens is 1. The molecule has 1 aliphatic heterocycles. The Hall–Kier alpha value is -3.94. The Morgan fingerprint density at radius 3 is 2.94 bits per heavy atom. The highest BCUT2D eigenvalue weighted by Gasteiger charge is 2.25. The molecule has 0 bridgehead atoms. The molecule has 33 heavy (non-hydrogen) atoms. The van der Waals surface area contributed by atoms with Crippen LogP contribution in [0.2, 0.25) is 0 Å². The van der Waals surface area contributed by atoms with E-state index in [4.69, 9.17) is 9.26 Å². The fourth-order valence-corrected chi connectivity index (χ4v) is 4.18. The molecule has 1 aliphatic rings. The summed E-state index contributed by atoms with van der Waals surface area (Å²) in [5.41, 5.74) is 1.72. The number of likely N-dealkylation sites (tertiary alicyclic amines) is 1. The van der Waals surface area contributed by atoms with Crippen molar-refractivity contribution in [1.82, 2.24) is 15.0 Å². The normalized spacial score (nSPS) is 16.0. The van der Waals surface area contributed by atoms with E-state index in [1.807, 2.05) is 23.1 Å². The minimum Gasteiger partial charge on any atom is -0.457 e. The first-order valence-corrected chi connectivity index (χ1v) is 10.9. The van der Waals surface area contributed by atoms with Gasteiger partial charge in [-0.25, -0.2) is 9.18 Å². The molecule has 0 radical (unpaired) electrons. The van der Waals surface area contributed by atoms with Crippen molar-refractivity contribution in [2.24, 2.45) is 5.92 Å². The number of benzene rings is 2. The van der Waals surface area contributed by atoms with Crippen molar-refractivity contribution in [2.45, 2.75) is 19.3 Å². The monoisotopic (exact) mass is 446 g/mol. The van der Waals surface area contributed by atoms with Gasteiger partial charge in [0.15, 0.2) is 11.4 Å². The highest BCUT2D eigenvalue weighted by molar-refractivity contribution is 5.97. The van der Waals surface area contributed by atoms with Gasteiger partial charge in [-0.1, -0.05) is 17.3 Å². The van der Waals surface area contributed by atoms with Crippen molar-refractivity contribution in [3.63, 3.8) is 0 Å². The summed E-state index contributed by atoms with van der Waals surface area (Å²) in [6.45, 7) is 1.35. The Morgan fingerprint density at radius 1 is 1.18 bits per heavy atom. The zero-order valence-corrected chi connectivity index (χ0v) is 17.9. The molecular weight excluding hydrogens is 423 g/mol. The second kappa shape index (κ2) is 9.28. The highest BCUT2D eigenvalue weighted by atomic mass is 19.1. The van der Waals surface area contributed by atoms with Gasteiger partial charge in [0.1, 0.15) is 17.3 Å². The van der Waals surface area contributed by atoms with Gasteiger partial charge in [0.05, 0.1) is 5.39 Å². The van der Waals surface area contributed by atoms with Crippen molar-refractivity contribution in [2.75, 3.05) is 18.4 Å². The Kier molecular flexibility index (Phi) is 5.89. The summed E-state index contributed by atoms with van der Waals surface area (Å²) in [6, 6.07) is 15.4. The number of ether oxygens (including phenoxy) is 1. The van der Waals surface area contributed by atoms with Gasteiger partial charge in [0.2, 0.25) is 0 Å². The summed E-state index contributed by atoms with van der Waals surface area (Å²) in [5, 5.41) is 7.49. The number of nitrogens with zero attached hydrogens (tertiary/aromatic N) is 3. The van der Waals surface area contributed by atoms with E-state index in [0.717, 1.165) is 24.8 Å². The van der Waals surface area contributed by atoms with E-state index in [0.29, 0.717) is 47.3 Å². The molecule has 0 saturated carbocycles. The van der Waals surface area contributed by atoms with Crippen LogP contribution in [0.1, 0.15) is 18.4 Å². The van der Waals surface area contributed by atoms with Crippen LogP contribution in [0.15, 0.2) is 71.5 Å². The zero-order valence-electron chi connectivity index (χ0n) is 17.9. The maximum absolute atomic E-state index is 13.1. The van der Waals surface area contributed by atoms with Gasteiger partial charge < -0.3 is 14.2 Å². The predicted molar refractivity (Wildman–Crippen MR) is 122 cm³/mol. The largest absolute Gasteiger partial charge is 0.457 e. The van der Waals surface area contributed by atoms with Gasteiger partial charge in [0, 0.05) is 31.5 Å². The van der Waals surface area contributed by atoms with E-state index in [2.05, 4.69) is 21.5 Å². The minimum atomic E-state index is -0.296. The Balaban J connectivity index is 1.21. The standard InChI is InChI=1S/C25H23FN4O3/c26-19-6-8-20(9-7-19)32-21-5-1-3-17(14-21)13-18-4-2-12-30(16-18)25(31)28-24-22-15-27-11-10-23(22)33-29-24/h1,3,5-11,14-15,18H,2,4,12-13,16H2,(H,28,29,31). The number of pyridine rings is 1. The van der Waals surface area contributed by atoms with E-state index in [1.165, 1.54) is 12.1 Å². The first-order valence-electron chi connectivity index (χ1n) is 10.9. The molecule has 2 amide bonds. The lowest BCUT2D eigenvalue weighted by Crippen LogP contribution is -2.42. The van der Waals surface area contributed by atoms with Crippen molar-refractivity contribution in [3.05, 3.63) is 78.4 Å². The number of urea groups is 1. The number of hydrogen-bond donors (Lipinski definition) is 1. The van der Waals surface area contributed by atoms with Crippen LogP contribution in [0.3, 0.4) is 0 Å². The van der Waals surface area contributed by atoms with E-state index < -0.39 is 0 Å². The number of amides is 2. The van der Waals surface area contributed by atoms with Gasteiger partial charge in [-0.2, -0.15) is 0 Å². The molecule has 1 atom stereocenters. The lowest BCUT2D eigenvalue weighted by Gasteiger charge is -2.32. The maximum Gasteiger partial charge on any atom is 0.323 e. The van der Waals surface area contributed by atoms with Crippen molar-refractivity contribution in [1.29, 1.82) is 0 Å². The van der Waals surface area contributed by atoms with Crippen LogP contribution in [0.4, 0.5) is 15.0 Å². The van der Waals surface area contributed by atoms with Gasteiger partial charge in [-0.3, -0.25) is 10.3 Å². The second-order valence-corrected chi connectivity index (χ2v) is 8.19. The average Bonchev–Trinajstić information content (AvgIpc) is 3.24. The van der Waals surface area contributed by atoms with Crippen LogP contribution >= 0.6 is 0 Å². The van der Waals surface area contributed by atoms with Crippen LogP contribution in [-0.2, 0) is 6.42 Å². The predicted octanol–water partition coefficient (Wildman–Crippen LogP) is 5.64. The van der Waals surface area contributed by atoms with Gasteiger partial charge in [-0.05, 0) is 67.1 Å². The molecule has 3 heterocycles. The average molecular weight is 446 g/mol. The number of nitrogens with one attached hydrogen (secondary N) is 1. The van der Waals surface area contributed by atoms with Gasteiger partial charge in [-0.15, -0.1) is 0 Å². The quantitative estimate of drug-likeness (QED) is 0.429. The van der Waals surface area contributed by atoms with Crippen molar-refractivity contribution in [3.8, 4) is 11.5 Å². The molecule has 7 nitrogen and oxygen atoms in total. The third-order valence-corrected chi connectivity index (χ3v) is 5.78. The summed E-state index contributed by atoms with van der Waals surface area (Å²) >= 11 is 0. The van der Waals surface area contributed by atoms with Crippen LogP contribution < -0.4 is 10.1 Å².